The number of hydrogen-bond acceptors (Lipinski definition) is 5. The van der Waals surface area contributed by atoms with Crippen LogP contribution in [0, 0.1) is 0 Å². The minimum Gasteiger partial charge on any atom is -0.356 e. The molecule has 3 heterocycles. The van der Waals surface area contributed by atoms with E-state index < -0.39 is 0 Å². The first-order chi connectivity index (χ1) is 13.4. The van der Waals surface area contributed by atoms with Crippen LogP contribution in [0.3, 0.4) is 0 Å². The van der Waals surface area contributed by atoms with Crippen LogP contribution in [0.2, 0.25) is 0 Å². The molecule has 0 amide bonds. The van der Waals surface area contributed by atoms with Gasteiger partial charge in [0.05, 0.1) is 0 Å². The molecule has 1 aromatic rings. The fourth-order valence-corrected chi connectivity index (χ4v) is 5.16. The molecule has 5 nitrogen and oxygen atoms in total. The van der Waals surface area contributed by atoms with Gasteiger partial charge in [0.2, 0.25) is 5.95 Å². The number of aromatic nitrogens is 2. The lowest BCUT2D eigenvalue weighted by Gasteiger charge is -2.38. The van der Waals surface area contributed by atoms with Gasteiger partial charge in [-0.2, -0.15) is 4.98 Å². The number of nitrogens with zero attached hydrogens (tertiary/aromatic N) is 4. The Balaban J connectivity index is 1.36. The molecule has 4 rings (SSSR count). The molecular formula is C22H37N5. The normalized spacial score (nSPS) is 26.4. The number of anilines is 2. The van der Waals surface area contributed by atoms with Crippen LogP contribution in [0.4, 0.5) is 11.8 Å². The van der Waals surface area contributed by atoms with Gasteiger partial charge in [-0.1, -0.05) is 38.5 Å². The Labute approximate surface area is 164 Å². The van der Waals surface area contributed by atoms with Crippen molar-refractivity contribution in [3.8, 4) is 0 Å². The summed E-state index contributed by atoms with van der Waals surface area (Å²) in [6, 6.07) is 3.37. The largest absolute Gasteiger partial charge is 0.356 e. The van der Waals surface area contributed by atoms with Gasteiger partial charge in [0.25, 0.3) is 0 Å². The molecule has 0 unspecified atom stereocenters. The van der Waals surface area contributed by atoms with Crippen LogP contribution in [-0.4, -0.2) is 53.1 Å². The summed E-state index contributed by atoms with van der Waals surface area (Å²) in [6.45, 7) is 4.70. The van der Waals surface area contributed by atoms with Crippen molar-refractivity contribution in [2.24, 2.45) is 0 Å². The lowest BCUT2D eigenvalue weighted by Crippen LogP contribution is -2.47. The molecule has 1 aliphatic carbocycles. The van der Waals surface area contributed by atoms with Crippen LogP contribution >= 0.6 is 0 Å². The Morgan fingerprint density at radius 2 is 1.56 bits per heavy atom. The van der Waals surface area contributed by atoms with Crippen LogP contribution in [-0.2, 0) is 0 Å². The van der Waals surface area contributed by atoms with E-state index in [1.165, 1.54) is 83.6 Å². The second-order valence-electron chi connectivity index (χ2n) is 8.76. The zero-order chi connectivity index (χ0) is 18.3. The third kappa shape index (κ3) is 5.34. The van der Waals surface area contributed by atoms with Crippen molar-refractivity contribution in [1.82, 2.24) is 14.9 Å². The van der Waals surface area contributed by atoms with E-state index in [2.05, 4.69) is 26.2 Å². The van der Waals surface area contributed by atoms with Gasteiger partial charge in [0.1, 0.15) is 5.82 Å². The number of piperidine rings is 1. The van der Waals surface area contributed by atoms with Crippen LogP contribution in [0.5, 0.6) is 0 Å². The zero-order valence-corrected chi connectivity index (χ0v) is 16.9. The molecule has 1 aromatic heterocycles. The fraction of sp³-hybridized carbons (Fsp3) is 0.818. The van der Waals surface area contributed by atoms with Crippen molar-refractivity contribution >= 4 is 11.8 Å². The molecule has 0 aromatic carbocycles. The van der Waals surface area contributed by atoms with Crippen LogP contribution in [0.25, 0.3) is 0 Å². The molecule has 0 spiro atoms. The second kappa shape index (κ2) is 9.72. The second-order valence-corrected chi connectivity index (χ2v) is 8.76. The number of hydrogen-bond donors (Lipinski definition) is 1. The SMILES string of the molecule is c1cc(N2CCCCCC2)nc(N[C@H]2CCCN(C3CCCCCC3)C2)n1. The molecule has 3 fully saturated rings. The van der Waals surface area contributed by atoms with Gasteiger partial charge < -0.3 is 10.2 Å². The van der Waals surface area contributed by atoms with Gasteiger partial charge in [-0.05, 0) is 51.1 Å². The Hall–Kier alpha value is -1.36. The molecule has 150 valence electrons. The molecular weight excluding hydrogens is 334 g/mol. The Bertz CT molecular complexity index is 562. The smallest absolute Gasteiger partial charge is 0.224 e. The van der Waals surface area contributed by atoms with Gasteiger partial charge in [0, 0.05) is 37.9 Å². The van der Waals surface area contributed by atoms with Gasteiger partial charge in [-0.15, -0.1) is 0 Å². The van der Waals surface area contributed by atoms with Crippen LogP contribution in [0.1, 0.15) is 77.0 Å². The molecule has 27 heavy (non-hydrogen) atoms. The monoisotopic (exact) mass is 371 g/mol. The summed E-state index contributed by atoms with van der Waals surface area (Å²) in [4.78, 5) is 14.6. The number of rotatable bonds is 4. The average Bonchev–Trinajstić information content (AvgIpc) is 3.14. The van der Waals surface area contributed by atoms with E-state index in [0.29, 0.717) is 6.04 Å². The van der Waals surface area contributed by atoms with E-state index in [9.17, 15) is 0 Å². The van der Waals surface area contributed by atoms with Crippen molar-refractivity contribution in [2.75, 3.05) is 36.4 Å². The third-order valence-electron chi connectivity index (χ3n) is 6.70. The number of nitrogens with one attached hydrogen (secondary N) is 1. The summed E-state index contributed by atoms with van der Waals surface area (Å²) in [5.41, 5.74) is 0. The summed E-state index contributed by atoms with van der Waals surface area (Å²) in [5.74, 6) is 1.93. The molecule has 1 atom stereocenters. The highest BCUT2D eigenvalue weighted by Gasteiger charge is 2.26. The first-order valence-corrected chi connectivity index (χ1v) is 11.5. The molecule has 1 saturated carbocycles. The Kier molecular flexibility index (Phi) is 6.83. The van der Waals surface area contributed by atoms with Crippen molar-refractivity contribution in [3.63, 3.8) is 0 Å². The van der Waals surface area contributed by atoms with Gasteiger partial charge in [-0.25, -0.2) is 4.98 Å². The van der Waals surface area contributed by atoms with E-state index in [4.69, 9.17) is 4.98 Å². The van der Waals surface area contributed by atoms with E-state index in [1.807, 2.05) is 6.20 Å². The lowest BCUT2D eigenvalue weighted by molar-refractivity contribution is 0.141. The molecule has 2 aliphatic heterocycles. The molecule has 0 radical (unpaired) electrons. The molecule has 0 bridgehead atoms. The highest BCUT2D eigenvalue weighted by molar-refractivity contribution is 5.43. The van der Waals surface area contributed by atoms with Crippen LogP contribution < -0.4 is 10.2 Å². The summed E-state index contributed by atoms with van der Waals surface area (Å²) in [7, 11) is 0. The first-order valence-electron chi connectivity index (χ1n) is 11.5. The standard InChI is InChI=1S/C22H37N5/c1-2-6-12-20(11-5-1)27-17-9-10-19(18-27)24-22-23-14-13-21(25-22)26-15-7-3-4-8-16-26/h13-14,19-20H,1-12,15-18H2,(H,23,24,25)/t19-/m0/s1. The van der Waals surface area contributed by atoms with E-state index >= 15 is 0 Å². The maximum Gasteiger partial charge on any atom is 0.224 e. The highest BCUT2D eigenvalue weighted by Crippen LogP contribution is 2.26. The van der Waals surface area contributed by atoms with Crippen LogP contribution in [0.15, 0.2) is 12.3 Å². The zero-order valence-electron chi connectivity index (χ0n) is 16.9. The number of likely N-dealkylation sites (tertiary alicyclic amines) is 1. The summed E-state index contributed by atoms with van der Waals surface area (Å²) >= 11 is 0. The first kappa shape index (κ1) is 19.0. The molecule has 3 aliphatic rings. The molecule has 2 saturated heterocycles. The predicted octanol–water partition coefficient (Wildman–Crippen LogP) is 4.46. The Morgan fingerprint density at radius 3 is 2.33 bits per heavy atom. The maximum atomic E-state index is 4.87. The van der Waals surface area contributed by atoms with Crippen molar-refractivity contribution in [3.05, 3.63) is 12.3 Å². The predicted molar refractivity (Wildman–Crippen MR) is 112 cm³/mol. The molecule has 1 N–H and O–H groups in total. The van der Waals surface area contributed by atoms with Crippen molar-refractivity contribution < 1.29 is 0 Å². The van der Waals surface area contributed by atoms with Crippen molar-refractivity contribution in [1.29, 1.82) is 0 Å². The summed E-state index contributed by atoms with van der Waals surface area (Å²) in [6.07, 6.45) is 18.2. The maximum absolute atomic E-state index is 4.87. The van der Waals surface area contributed by atoms with E-state index in [0.717, 1.165) is 37.4 Å². The lowest BCUT2D eigenvalue weighted by atomic mass is 10.00. The quantitative estimate of drug-likeness (QED) is 0.792. The average molecular weight is 372 g/mol. The van der Waals surface area contributed by atoms with Crippen molar-refractivity contribution in [2.45, 2.75) is 89.1 Å². The summed E-state index contributed by atoms with van der Waals surface area (Å²) in [5, 5.41) is 3.67. The van der Waals surface area contributed by atoms with Gasteiger partial charge in [-0.3, -0.25) is 4.90 Å². The Morgan fingerprint density at radius 1 is 0.815 bits per heavy atom. The highest BCUT2D eigenvalue weighted by atomic mass is 15.2. The minimum atomic E-state index is 0.487. The molecule has 5 heteroatoms. The summed E-state index contributed by atoms with van der Waals surface area (Å²) < 4.78 is 0. The van der Waals surface area contributed by atoms with Gasteiger partial charge >= 0.3 is 0 Å². The van der Waals surface area contributed by atoms with E-state index in [-0.39, 0.29) is 0 Å². The minimum absolute atomic E-state index is 0.487. The van der Waals surface area contributed by atoms with Gasteiger partial charge in [0.15, 0.2) is 0 Å². The topological polar surface area (TPSA) is 44.3 Å². The van der Waals surface area contributed by atoms with E-state index in [1.54, 1.807) is 0 Å². The third-order valence-corrected chi connectivity index (χ3v) is 6.70. The fourth-order valence-electron chi connectivity index (χ4n) is 5.16.